The largest absolute Gasteiger partial charge is 0.205 e. The molecule has 0 aliphatic heterocycles. The Labute approximate surface area is 132 Å². The van der Waals surface area contributed by atoms with Gasteiger partial charge < -0.3 is 0 Å². The van der Waals surface area contributed by atoms with Crippen molar-refractivity contribution in [3.8, 4) is 11.8 Å². The second-order valence-electron chi connectivity index (χ2n) is 4.93. The first-order chi connectivity index (χ1) is 11.0. The van der Waals surface area contributed by atoms with Gasteiger partial charge in [0.15, 0.2) is 11.6 Å². The summed E-state index contributed by atoms with van der Waals surface area (Å²) in [6, 6.07) is 5.39. The molecule has 0 nitrogen and oxygen atoms in total. The fourth-order valence-electron chi connectivity index (χ4n) is 1.90. The third kappa shape index (κ3) is 4.46. The number of rotatable bonds is 3. The van der Waals surface area contributed by atoms with Gasteiger partial charge in [-0.2, -0.15) is 0 Å². The monoisotopic (exact) mass is 318 g/mol. The second kappa shape index (κ2) is 7.64. The van der Waals surface area contributed by atoms with Gasteiger partial charge in [-0.1, -0.05) is 37.3 Å². The van der Waals surface area contributed by atoms with Crippen LogP contribution in [0.4, 0.5) is 17.6 Å². The molecule has 0 N–H and O–H groups in total. The van der Waals surface area contributed by atoms with Crippen molar-refractivity contribution in [3.63, 3.8) is 0 Å². The molecule has 4 heteroatoms. The zero-order valence-corrected chi connectivity index (χ0v) is 12.5. The summed E-state index contributed by atoms with van der Waals surface area (Å²) in [7, 11) is 0. The standard InChI is InChI=1S/C19H14F4/c1-2-3-4-5-14-11-17(21)15(18(22)12-14)8-6-13-7-9-16(20)19(23)10-13/h4-5,7,9-12H,2-3H2,1H3. The summed E-state index contributed by atoms with van der Waals surface area (Å²) in [6.45, 7) is 2.00. The number of hydrogen-bond donors (Lipinski definition) is 0. The maximum atomic E-state index is 14.0. The Balaban J connectivity index is 2.30. The van der Waals surface area contributed by atoms with Gasteiger partial charge in [0.2, 0.25) is 0 Å². The van der Waals surface area contributed by atoms with E-state index in [0.717, 1.165) is 25.0 Å². The lowest BCUT2D eigenvalue weighted by atomic mass is 10.1. The van der Waals surface area contributed by atoms with Crippen LogP contribution in [0.25, 0.3) is 6.08 Å². The molecule has 23 heavy (non-hydrogen) atoms. The molecule has 0 radical (unpaired) electrons. The lowest BCUT2D eigenvalue weighted by Gasteiger charge is -2.00. The van der Waals surface area contributed by atoms with Gasteiger partial charge in [0.05, 0.1) is 5.56 Å². The molecule has 0 aliphatic rings. The number of hydrogen-bond acceptors (Lipinski definition) is 0. The lowest BCUT2D eigenvalue weighted by molar-refractivity contribution is 0.508. The first-order valence-electron chi connectivity index (χ1n) is 7.14. The van der Waals surface area contributed by atoms with E-state index in [2.05, 4.69) is 11.8 Å². The van der Waals surface area contributed by atoms with E-state index in [0.29, 0.717) is 5.56 Å². The molecule has 0 atom stereocenters. The average Bonchev–Trinajstić information content (AvgIpc) is 2.50. The van der Waals surface area contributed by atoms with E-state index in [9.17, 15) is 17.6 Å². The highest BCUT2D eigenvalue weighted by molar-refractivity contribution is 5.53. The highest BCUT2D eigenvalue weighted by Crippen LogP contribution is 2.16. The Morgan fingerprint density at radius 2 is 1.57 bits per heavy atom. The van der Waals surface area contributed by atoms with Crippen molar-refractivity contribution < 1.29 is 17.6 Å². The van der Waals surface area contributed by atoms with E-state index in [-0.39, 0.29) is 5.56 Å². The van der Waals surface area contributed by atoms with Gasteiger partial charge in [0, 0.05) is 5.56 Å². The summed E-state index contributed by atoms with van der Waals surface area (Å²) >= 11 is 0. The normalized spacial score (nSPS) is 10.7. The number of halogens is 4. The minimum Gasteiger partial charge on any atom is -0.205 e. The van der Waals surface area contributed by atoms with Gasteiger partial charge in [-0.25, -0.2) is 17.6 Å². The zero-order valence-electron chi connectivity index (χ0n) is 12.5. The Morgan fingerprint density at radius 1 is 0.870 bits per heavy atom. The summed E-state index contributed by atoms with van der Waals surface area (Å²) in [6.07, 6.45) is 5.24. The minimum absolute atomic E-state index is 0.134. The molecule has 0 fully saturated rings. The predicted molar refractivity (Wildman–Crippen MR) is 82.6 cm³/mol. The van der Waals surface area contributed by atoms with Crippen molar-refractivity contribution in [2.45, 2.75) is 19.8 Å². The minimum atomic E-state index is -1.06. The van der Waals surface area contributed by atoms with E-state index in [1.54, 1.807) is 6.08 Å². The highest BCUT2D eigenvalue weighted by Gasteiger charge is 2.08. The number of allylic oxidation sites excluding steroid dienone is 1. The van der Waals surface area contributed by atoms with Crippen LogP contribution in [0, 0.1) is 35.1 Å². The fraction of sp³-hybridized carbons (Fsp3) is 0.158. The summed E-state index contributed by atoms with van der Waals surface area (Å²) in [5.74, 6) is 1.10. The van der Waals surface area contributed by atoms with Crippen molar-refractivity contribution >= 4 is 6.08 Å². The Kier molecular flexibility index (Phi) is 5.59. The predicted octanol–water partition coefficient (Wildman–Crippen LogP) is 5.46. The molecule has 0 amide bonds. The van der Waals surface area contributed by atoms with E-state index in [1.165, 1.54) is 18.2 Å². The van der Waals surface area contributed by atoms with E-state index in [4.69, 9.17) is 0 Å². The summed E-state index contributed by atoms with van der Waals surface area (Å²) in [5.41, 5.74) is 0.142. The van der Waals surface area contributed by atoms with Crippen LogP contribution in [-0.2, 0) is 0 Å². The van der Waals surface area contributed by atoms with Gasteiger partial charge >= 0.3 is 0 Å². The zero-order chi connectivity index (χ0) is 16.8. The molecule has 0 aliphatic carbocycles. The number of unbranched alkanes of at least 4 members (excludes halogenated alkanes) is 1. The second-order valence-corrected chi connectivity index (χ2v) is 4.93. The molecule has 0 unspecified atom stereocenters. The number of benzene rings is 2. The van der Waals surface area contributed by atoms with Crippen molar-refractivity contribution in [1.29, 1.82) is 0 Å². The van der Waals surface area contributed by atoms with Crippen molar-refractivity contribution in [3.05, 3.63) is 76.4 Å². The van der Waals surface area contributed by atoms with Crippen LogP contribution in [0.15, 0.2) is 36.4 Å². The molecule has 0 aromatic heterocycles. The quantitative estimate of drug-likeness (QED) is 0.521. The molecule has 2 rings (SSSR count). The third-order valence-corrected chi connectivity index (χ3v) is 3.08. The molecule has 0 spiro atoms. The maximum absolute atomic E-state index is 14.0. The fourth-order valence-corrected chi connectivity index (χ4v) is 1.90. The molecule has 118 valence electrons. The Morgan fingerprint density at radius 3 is 2.17 bits per heavy atom. The molecule has 0 bridgehead atoms. The van der Waals surface area contributed by atoms with Crippen molar-refractivity contribution in [2.75, 3.05) is 0 Å². The maximum Gasteiger partial charge on any atom is 0.160 e. The van der Waals surface area contributed by atoms with E-state index in [1.807, 2.05) is 13.0 Å². The molecule has 2 aromatic carbocycles. The van der Waals surface area contributed by atoms with Gasteiger partial charge in [0.25, 0.3) is 0 Å². The average molecular weight is 318 g/mol. The van der Waals surface area contributed by atoms with Crippen LogP contribution in [0.5, 0.6) is 0 Å². The molecular formula is C19H14F4. The topological polar surface area (TPSA) is 0 Å². The molecule has 0 heterocycles. The van der Waals surface area contributed by atoms with Gasteiger partial charge in [-0.3, -0.25) is 0 Å². The SMILES string of the molecule is CCCC=Cc1cc(F)c(C#Cc2ccc(F)c(F)c2)c(F)c1. The summed E-state index contributed by atoms with van der Waals surface area (Å²) in [4.78, 5) is 0. The van der Waals surface area contributed by atoms with Crippen LogP contribution in [0.3, 0.4) is 0 Å². The van der Waals surface area contributed by atoms with Gasteiger partial charge in [0.1, 0.15) is 11.6 Å². The first kappa shape index (κ1) is 16.8. The molecular weight excluding hydrogens is 304 g/mol. The van der Waals surface area contributed by atoms with E-state index >= 15 is 0 Å². The van der Waals surface area contributed by atoms with Crippen LogP contribution in [0.2, 0.25) is 0 Å². The van der Waals surface area contributed by atoms with Crippen LogP contribution < -0.4 is 0 Å². The third-order valence-electron chi connectivity index (χ3n) is 3.08. The molecule has 0 saturated heterocycles. The van der Waals surface area contributed by atoms with Crippen LogP contribution in [-0.4, -0.2) is 0 Å². The Hall–Kier alpha value is -2.54. The highest BCUT2D eigenvalue weighted by atomic mass is 19.2. The van der Waals surface area contributed by atoms with Crippen molar-refractivity contribution in [1.82, 2.24) is 0 Å². The first-order valence-corrected chi connectivity index (χ1v) is 7.14. The van der Waals surface area contributed by atoms with Crippen molar-refractivity contribution in [2.24, 2.45) is 0 Å². The van der Waals surface area contributed by atoms with Gasteiger partial charge in [-0.15, -0.1) is 0 Å². The van der Waals surface area contributed by atoms with Gasteiger partial charge in [-0.05, 0) is 42.3 Å². The summed E-state index contributed by atoms with van der Waals surface area (Å²) < 4.78 is 53.8. The lowest BCUT2D eigenvalue weighted by Crippen LogP contribution is -1.92. The Bertz CT molecular complexity index is 772. The van der Waals surface area contributed by atoms with Crippen LogP contribution >= 0.6 is 0 Å². The molecule has 2 aromatic rings. The van der Waals surface area contributed by atoms with E-state index < -0.39 is 28.8 Å². The summed E-state index contributed by atoms with van der Waals surface area (Å²) in [5, 5.41) is 0. The smallest absolute Gasteiger partial charge is 0.160 e. The molecule has 0 saturated carbocycles. The van der Waals surface area contributed by atoms with Crippen LogP contribution in [0.1, 0.15) is 36.5 Å².